The molecule has 0 saturated carbocycles. The maximum atomic E-state index is 12.2. The normalized spacial score (nSPS) is 15.1. The molecule has 1 aliphatic rings. The van der Waals surface area contributed by atoms with E-state index in [1.807, 2.05) is 51.1 Å². The Labute approximate surface area is 173 Å². The van der Waals surface area contributed by atoms with Gasteiger partial charge in [-0.3, -0.25) is 0 Å². The first-order chi connectivity index (χ1) is 13.7. The quantitative estimate of drug-likeness (QED) is 0.642. The lowest BCUT2D eigenvalue weighted by Crippen LogP contribution is -2.40. The summed E-state index contributed by atoms with van der Waals surface area (Å²) in [5, 5.41) is 0. The molecule has 1 fully saturated rings. The van der Waals surface area contributed by atoms with Gasteiger partial charge >= 0.3 is 12.2 Å². The SMILES string of the molecule is CN(CCOCC1CCN(C(=O)OCc2ccccc2)CC1)C(=O)OC(C)(C)C. The molecule has 0 radical (unpaired) electrons. The Morgan fingerprint density at radius 3 is 2.41 bits per heavy atom. The summed E-state index contributed by atoms with van der Waals surface area (Å²) in [6.45, 7) is 8.79. The minimum Gasteiger partial charge on any atom is -0.445 e. The van der Waals surface area contributed by atoms with Gasteiger partial charge in [0.15, 0.2) is 0 Å². The zero-order valence-electron chi connectivity index (χ0n) is 18.1. The summed E-state index contributed by atoms with van der Waals surface area (Å²) in [6, 6.07) is 9.68. The fraction of sp³-hybridized carbons (Fsp3) is 0.636. The van der Waals surface area contributed by atoms with Gasteiger partial charge < -0.3 is 24.0 Å². The first-order valence-electron chi connectivity index (χ1n) is 10.2. The summed E-state index contributed by atoms with van der Waals surface area (Å²) in [4.78, 5) is 27.4. The van der Waals surface area contributed by atoms with E-state index in [1.54, 1.807) is 11.9 Å². The number of benzene rings is 1. The Bertz CT molecular complexity index is 636. The summed E-state index contributed by atoms with van der Waals surface area (Å²) in [5.41, 5.74) is 0.489. The Balaban J connectivity index is 1.57. The van der Waals surface area contributed by atoms with Crippen LogP contribution in [0.1, 0.15) is 39.2 Å². The van der Waals surface area contributed by atoms with E-state index >= 15 is 0 Å². The van der Waals surface area contributed by atoms with Gasteiger partial charge in [0.25, 0.3) is 0 Å². The minimum absolute atomic E-state index is 0.257. The molecule has 1 saturated heterocycles. The molecule has 0 aliphatic carbocycles. The van der Waals surface area contributed by atoms with Crippen molar-refractivity contribution in [2.75, 3.05) is 39.9 Å². The van der Waals surface area contributed by atoms with Gasteiger partial charge in [-0.15, -0.1) is 0 Å². The van der Waals surface area contributed by atoms with E-state index in [4.69, 9.17) is 14.2 Å². The van der Waals surface area contributed by atoms with E-state index in [2.05, 4.69) is 0 Å². The molecule has 29 heavy (non-hydrogen) atoms. The van der Waals surface area contributed by atoms with Crippen molar-refractivity contribution in [1.29, 1.82) is 0 Å². The third-order valence-electron chi connectivity index (χ3n) is 4.71. The Hall–Kier alpha value is -2.28. The van der Waals surface area contributed by atoms with Crippen molar-refractivity contribution >= 4 is 12.2 Å². The number of likely N-dealkylation sites (tertiary alicyclic amines) is 1. The van der Waals surface area contributed by atoms with Crippen molar-refractivity contribution in [2.24, 2.45) is 5.92 Å². The number of rotatable bonds is 7. The number of carbonyl (C=O) groups excluding carboxylic acids is 2. The van der Waals surface area contributed by atoms with Crippen molar-refractivity contribution in [3.63, 3.8) is 0 Å². The highest BCUT2D eigenvalue weighted by Crippen LogP contribution is 2.18. The van der Waals surface area contributed by atoms with Gasteiger partial charge in [-0.05, 0) is 45.1 Å². The van der Waals surface area contributed by atoms with Gasteiger partial charge in [-0.1, -0.05) is 30.3 Å². The standard InChI is InChI=1S/C22H34N2O5/c1-22(2,3)29-20(25)23(4)14-15-27-16-19-10-12-24(13-11-19)21(26)28-17-18-8-6-5-7-9-18/h5-9,19H,10-17H2,1-4H3. The van der Waals surface area contributed by atoms with Crippen LogP contribution in [0.5, 0.6) is 0 Å². The van der Waals surface area contributed by atoms with Gasteiger partial charge in [0.1, 0.15) is 12.2 Å². The molecular weight excluding hydrogens is 372 g/mol. The fourth-order valence-corrected chi connectivity index (χ4v) is 2.98. The molecule has 0 atom stereocenters. The van der Waals surface area contributed by atoms with Crippen molar-refractivity contribution in [2.45, 2.75) is 45.8 Å². The molecule has 162 valence electrons. The number of ether oxygens (including phenoxy) is 3. The van der Waals surface area contributed by atoms with Gasteiger partial charge in [0.2, 0.25) is 0 Å². The maximum absolute atomic E-state index is 12.2. The molecule has 0 N–H and O–H groups in total. The molecule has 1 heterocycles. The largest absolute Gasteiger partial charge is 0.445 e. The van der Waals surface area contributed by atoms with Crippen LogP contribution in [0, 0.1) is 5.92 Å². The fourth-order valence-electron chi connectivity index (χ4n) is 2.98. The highest BCUT2D eigenvalue weighted by molar-refractivity contribution is 5.68. The average molecular weight is 407 g/mol. The number of likely N-dealkylation sites (N-methyl/N-ethyl adjacent to an activating group) is 1. The summed E-state index contributed by atoms with van der Waals surface area (Å²) < 4.78 is 16.4. The van der Waals surface area contributed by atoms with Gasteiger partial charge in [-0.2, -0.15) is 0 Å². The van der Waals surface area contributed by atoms with Crippen LogP contribution in [-0.2, 0) is 20.8 Å². The van der Waals surface area contributed by atoms with Crippen LogP contribution < -0.4 is 0 Å². The molecule has 7 heteroatoms. The lowest BCUT2D eigenvalue weighted by atomic mass is 9.98. The molecule has 2 rings (SSSR count). The van der Waals surface area contributed by atoms with Gasteiger partial charge in [0.05, 0.1) is 6.61 Å². The molecule has 1 aromatic rings. The highest BCUT2D eigenvalue weighted by Gasteiger charge is 2.24. The van der Waals surface area contributed by atoms with Crippen molar-refractivity contribution < 1.29 is 23.8 Å². The monoisotopic (exact) mass is 406 g/mol. The predicted octanol–water partition coefficient (Wildman–Crippen LogP) is 3.92. The second kappa shape index (κ2) is 11.0. The van der Waals surface area contributed by atoms with E-state index in [9.17, 15) is 9.59 Å². The average Bonchev–Trinajstić information content (AvgIpc) is 2.69. The molecule has 0 aromatic heterocycles. The highest BCUT2D eigenvalue weighted by atomic mass is 16.6. The van der Waals surface area contributed by atoms with Crippen LogP contribution in [0.25, 0.3) is 0 Å². The molecule has 1 aliphatic heterocycles. The zero-order chi connectivity index (χ0) is 21.3. The molecule has 1 aromatic carbocycles. The molecule has 2 amide bonds. The number of hydrogen-bond acceptors (Lipinski definition) is 5. The summed E-state index contributed by atoms with van der Waals surface area (Å²) in [6.07, 6.45) is 1.18. The van der Waals surface area contributed by atoms with Gasteiger partial charge in [-0.25, -0.2) is 9.59 Å². The Kier molecular flexibility index (Phi) is 8.76. The Morgan fingerprint density at radius 2 is 1.79 bits per heavy atom. The molecule has 0 unspecified atom stereocenters. The van der Waals surface area contributed by atoms with Crippen LogP contribution in [0.3, 0.4) is 0 Å². The minimum atomic E-state index is -0.498. The van der Waals surface area contributed by atoms with E-state index < -0.39 is 5.60 Å². The van der Waals surface area contributed by atoms with E-state index in [0.29, 0.717) is 45.4 Å². The topological polar surface area (TPSA) is 68.3 Å². The number of amides is 2. The first-order valence-corrected chi connectivity index (χ1v) is 10.2. The van der Waals surface area contributed by atoms with Crippen molar-refractivity contribution in [3.8, 4) is 0 Å². The van der Waals surface area contributed by atoms with Crippen LogP contribution in [0.4, 0.5) is 9.59 Å². The number of hydrogen-bond donors (Lipinski definition) is 0. The van der Waals surface area contributed by atoms with Crippen LogP contribution in [0.15, 0.2) is 30.3 Å². The lowest BCUT2D eigenvalue weighted by Gasteiger charge is -2.31. The summed E-state index contributed by atoms with van der Waals surface area (Å²) in [7, 11) is 1.71. The maximum Gasteiger partial charge on any atom is 0.410 e. The first kappa shape index (κ1) is 23.0. The summed E-state index contributed by atoms with van der Waals surface area (Å²) in [5.74, 6) is 0.417. The molecule has 0 bridgehead atoms. The van der Waals surface area contributed by atoms with Crippen molar-refractivity contribution in [3.05, 3.63) is 35.9 Å². The van der Waals surface area contributed by atoms with Crippen molar-refractivity contribution in [1.82, 2.24) is 9.80 Å². The van der Waals surface area contributed by atoms with E-state index in [-0.39, 0.29) is 12.2 Å². The predicted molar refractivity (Wildman–Crippen MR) is 111 cm³/mol. The molecule has 7 nitrogen and oxygen atoms in total. The number of piperidine rings is 1. The third kappa shape index (κ3) is 8.73. The smallest absolute Gasteiger partial charge is 0.410 e. The lowest BCUT2D eigenvalue weighted by molar-refractivity contribution is 0.0179. The molecule has 0 spiro atoms. The second-order valence-corrected chi connectivity index (χ2v) is 8.45. The van der Waals surface area contributed by atoms with E-state index in [0.717, 1.165) is 18.4 Å². The third-order valence-corrected chi connectivity index (χ3v) is 4.71. The van der Waals surface area contributed by atoms with Gasteiger partial charge in [0, 0.05) is 33.3 Å². The molecular formula is C22H34N2O5. The number of nitrogens with zero attached hydrogens (tertiary/aromatic N) is 2. The summed E-state index contributed by atoms with van der Waals surface area (Å²) >= 11 is 0. The van der Waals surface area contributed by atoms with E-state index in [1.165, 1.54) is 4.90 Å². The number of carbonyl (C=O) groups is 2. The van der Waals surface area contributed by atoms with Crippen LogP contribution in [-0.4, -0.2) is 67.5 Å². The zero-order valence-corrected chi connectivity index (χ0v) is 18.1. The Morgan fingerprint density at radius 1 is 1.14 bits per heavy atom. The van der Waals surface area contributed by atoms with Crippen LogP contribution in [0.2, 0.25) is 0 Å². The second-order valence-electron chi connectivity index (χ2n) is 8.45. The van der Waals surface area contributed by atoms with Crippen LogP contribution >= 0.6 is 0 Å².